The molecule has 0 aliphatic heterocycles. The Morgan fingerprint density at radius 1 is 1.06 bits per heavy atom. The van der Waals surface area contributed by atoms with Crippen LogP contribution in [0.2, 0.25) is 0 Å². The molecule has 0 atom stereocenters. The number of para-hydroxylation sites is 1. The van der Waals surface area contributed by atoms with E-state index in [9.17, 15) is 26.7 Å². The summed E-state index contributed by atoms with van der Waals surface area (Å²) in [6.45, 7) is 0.706. The van der Waals surface area contributed by atoms with Crippen LogP contribution in [-0.2, 0) is 11.3 Å². The fraction of sp³-hybridized carbons (Fsp3) is 0.238. The summed E-state index contributed by atoms with van der Waals surface area (Å²) in [4.78, 5) is 15.3. The largest absolute Gasteiger partial charge is 0.345 e. The van der Waals surface area contributed by atoms with Crippen LogP contribution in [0.4, 0.5) is 33.6 Å². The van der Waals surface area contributed by atoms with Gasteiger partial charge in [-0.2, -0.15) is 18.2 Å². The summed E-state index contributed by atoms with van der Waals surface area (Å²) >= 11 is 0. The second-order valence-electron chi connectivity index (χ2n) is 6.49. The molecule has 31 heavy (non-hydrogen) atoms. The lowest BCUT2D eigenvalue weighted by atomic mass is 10.1. The number of nitrogens with zero attached hydrogens (tertiary/aromatic N) is 2. The van der Waals surface area contributed by atoms with Crippen molar-refractivity contribution in [2.24, 2.45) is 0 Å². The summed E-state index contributed by atoms with van der Waals surface area (Å²) in [5, 5.41) is 2.99. The highest BCUT2D eigenvalue weighted by molar-refractivity contribution is 5.58. The van der Waals surface area contributed by atoms with E-state index in [0.29, 0.717) is 11.3 Å². The second-order valence-corrected chi connectivity index (χ2v) is 6.49. The minimum absolute atomic E-state index is 0.0104. The molecule has 2 aromatic carbocycles. The van der Waals surface area contributed by atoms with Crippen molar-refractivity contribution >= 4 is 11.6 Å². The Labute approximate surface area is 175 Å². The summed E-state index contributed by atoms with van der Waals surface area (Å²) in [6, 6.07) is 9.82. The fourth-order valence-electron chi connectivity index (χ4n) is 2.61. The van der Waals surface area contributed by atoms with Crippen LogP contribution < -0.4 is 10.9 Å². The monoisotopic (exact) mass is 441 g/mol. The van der Waals surface area contributed by atoms with Gasteiger partial charge < -0.3 is 14.6 Å². The maximum absolute atomic E-state index is 13.7. The van der Waals surface area contributed by atoms with Gasteiger partial charge in [-0.3, -0.25) is 4.79 Å². The summed E-state index contributed by atoms with van der Waals surface area (Å²) < 4.78 is 66.7. The minimum atomic E-state index is -2.62. The predicted molar refractivity (Wildman–Crippen MR) is 106 cm³/mol. The van der Waals surface area contributed by atoms with Crippen LogP contribution in [0.3, 0.4) is 0 Å². The van der Waals surface area contributed by atoms with Crippen LogP contribution in [0.1, 0.15) is 16.7 Å². The van der Waals surface area contributed by atoms with Crippen molar-refractivity contribution in [1.82, 2.24) is 9.55 Å². The lowest BCUT2D eigenvalue weighted by molar-refractivity contribution is -0.105. The molecule has 0 amide bonds. The molecular weight excluding hydrogens is 421 g/mol. The van der Waals surface area contributed by atoms with Gasteiger partial charge in [0.1, 0.15) is 0 Å². The number of anilines is 2. The Hall–Kier alpha value is -3.27. The number of aryl methyl sites for hydroxylation is 2. The molecule has 5 nitrogen and oxygen atoms in total. The summed E-state index contributed by atoms with van der Waals surface area (Å²) in [7, 11) is 0.949. The van der Waals surface area contributed by atoms with Crippen molar-refractivity contribution in [2.45, 2.75) is 27.0 Å². The van der Waals surface area contributed by atoms with Crippen LogP contribution >= 0.6 is 0 Å². The molecule has 3 rings (SSSR count). The number of rotatable bonds is 5. The van der Waals surface area contributed by atoms with E-state index in [-0.39, 0.29) is 18.1 Å². The second kappa shape index (κ2) is 10.7. The van der Waals surface area contributed by atoms with Gasteiger partial charge >= 0.3 is 12.2 Å². The molecular formula is C21H20F5N3O2. The average Bonchev–Trinajstić information content (AvgIpc) is 2.72. The molecule has 1 aromatic heterocycles. The molecule has 0 spiro atoms. The first-order valence-electron chi connectivity index (χ1n) is 8.97. The predicted octanol–water partition coefficient (Wildman–Crippen LogP) is 4.92. The van der Waals surface area contributed by atoms with Crippen molar-refractivity contribution in [2.75, 3.05) is 12.4 Å². The molecule has 0 saturated carbocycles. The average molecular weight is 441 g/mol. The molecule has 166 valence electrons. The van der Waals surface area contributed by atoms with Crippen LogP contribution in [0.15, 0.2) is 47.4 Å². The smallest absolute Gasteiger partial charge is 0.326 e. The molecule has 0 saturated heterocycles. The topological polar surface area (TPSA) is 56.1 Å². The van der Waals surface area contributed by atoms with Crippen molar-refractivity contribution in [1.29, 1.82) is 0 Å². The van der Waals surface area contributed by atoms with Crippen molar-refractivity contribution < 1.29 is 26.7 Å². The number of nitrogens with one attached hydrogen (secondary N) is 1. The van der Waals surface area contributed by atoms with E-state index < -0.39 is 29.6 Å². The number of ether oxygens (including phenoxy) is 1. The number of benzene rings is 2. The zero-order valence-electron chi connectivity index (χ0n) is 16.9. The van der Waals surface area contributed by atoms with Gasteiger partial charge in [0, 0.05) is 19.0 Å². The van der Waals surface area contributed by atoms with Gasteiger partial charge in [-0.25, -0.2) is 8.78 Å². The molecule has 1 N–H and O–H groups in total. The van der Waals surface area contributed by atoms with Crippen molar-refractivity contribution in [3.05, 3.63) is 87.1 Å². The highest BCUT2D eigenvalue weighted by Crippen LogP contribution is 2.20. The third-order valence-electron chi connectivity index (χ3n) is 4.15. The number of hydrogen-bond donors (Lipinski definition) is 1. The molecule has 0 radical (unpaired) electrons. The number of halogens is 5. The maximum atomic E-state index is 13.7. The van der Waals surface area contributed by atoms with E-state index >= 15 is 0 Å². The summed E-state index contributed by atoms with van der Waals surface area (Å²) in [5.41, 5.74) is 1.16. The van der Waals surface area contributed by atoms with Gasteiger partial charge in [0.15, 0.2) is 11.6 Å². The Morgan fingerprint density at radius 2 is 1.71 bits per heavy atom. The van der Waals surface area contributed by atoms with E-state index in [4.69, 9.17) is 0 Å². The quantitative estimate of drug-likeness (QED) is 0.571. The molecule has 3 aromatic rings. The highest BCUT2D eigenvalue weighted by Gasteiger charge is 2.13. The minimum Gasteiger partial charge on any atom is -0.326 e. The number of hydrogen-bond acceptors (Lipinski definition) is 4. The van der Waals surface area contributed by atoms with E-state index in [0.717, 1.165) is 24.9 Å². The molecule has 0 aliphatic rings. The first kappa shape index (κ1) is 24.0. The normalized spacial score (nSPS) is 10.6. The van der Waals surface area contributed by atoms with Gasteiger partial charge in [0.2, 0.25) is 11.8 Å². The summed E-state index contributed by atoms with van der Waals surface area (Å²) in [6.07, 6.45) is 0.993. The number of aromatic nitrogens is 2. The molecule has 0 unspecified atom stereocenters. The zero-order valence-corrected chi connectivity index (χ0v) is 16.9. The molecule has 10 heteroatoms. The molecule has 0 fully saturated rings. The standard InChI is InChI=1S/C19H16F3N3O.C2H4F2O/c1-11-5-3-4-6-16(11)23-19-24-18(26)15(21)10-25(19)9-13-7-12(2)17(22)14(20)8-13;1-5-2(3)4/h3-8,10H,9H2,1-2H3,(H,23,24,26);2H,1H3. The molecule has 0 bridgehead atoms. The van der Waals surface area contributed by atoms with Gasteiger partial charge in [0.25, 0.3) is 0 Å². The van der Waals surface area contributed by atoms with Gasteiger partial charge in [-0.15, -0.1) is 0 Å². The van der Waals surface area contributed by atoms with Gasteiger partial charge in [-0.1, -0.05) is 24.3 Å². The molecule has 1 heterocycles. The third-order valence-corrected chi connectivity index (χ3v) is 4.15. The fourth-order valence-corrected chi connectivity index (χ4v) is 2.61. The number of alkyl halides is 2. The van der Waals surface area contributed by atoms with Crippen LogP contribution in [0.25, 0.3) is 0 Å². The van der Waals surface area contributed by atoms with Crippen LogP contribution in [0, 0.1) is 31.3 Å². The Balaban J connectivity index is 0.000000614. The number of methoxy groups -OCH3 is 1. The van der Waals surface area contributed by atoms with Gasteiger partial charge in [0.05, 0.1) is 6.54 Å². The lowest BCUT2D eigenvalue weighted by Gasteiger charge is -2.16. The summed E-state index contributed by atoms with van der Waals surface area (Å²) in [5.74, 6) is -2.83. The van der Waals surface area contributed by atoms with E-state index in [1.54, 1.807) is 12.1 Å². The van der Waals surface area contributed by atoms with Crippen LogP contribution in [0.5, 0.6) is 0 Å². The molecule has 0 aliphatic carbocycles. The van der Waals surface area contributed by atoms with Gasteiger partial charge in [-0.05, 0) is 42.7 Å². The Morgan fingerprint density at radius 3 is 2.29 bits per heavy atom. The first-order chi connectivity index (χ1) is 14.6. The van der Waals surface area contributed by atoms with E-state index in [1.807, 2.05) is 19.1 Å². The van der Waals surface area contributed by atoms with Crippen molar-refractivity contribution in [3.63, 3.8) is 0 Å². The Kier molecular flexibility index (Phi) is 8.26. The lowest BCUT2D eigenvalue weighted by Crippen LogP contribution is -2.20. The van der Waals surface area contributed by atoms with E-state index in [2.05, 4.69) is 15.0 Å². The zero-order chi connectivity index (χ0) is 23.1. The Bertz CT molecular complexity index is 1080. The van der Waals surface area contributed by atoms with Crippen molar-refractivity contribution in [3.8, 4) is 0 Å². The SMILES string of the molecule is COC(F)F.Cc1ccccc1Nc1nc(=O)c(F)cn1Cc1cc(C)c(F)c(F)c1. The maximum Gasteiger partial charge on any atom is 0.345 e. The van der Waals surface area contributed by atoms with E-state index in [1.165, 1.54) is 17.6 Å². The van der Waals surface area contributed by atoms with Crippen LogP contribution in [-0.4, -0.2) is 23.3 Å². The highest BCUT2D eigenvalue weighted by atomic mass is 19.3. The first-order valence-corrected chi connectivity index (χ1v) is 8.97. The third kappa shape index (κ3) is 6.61.